The van der Waals surface area contributed by atoms with Crippen molar-refractivity contribution >= 4 is 24.0 Å². The van der Waals surface area contributed by atoms with Crippen LogP contribution >= 0.6 is 0 Å². The monoisotopic (exact) mass is 825 g/mol. The van der Waals surface area contributed by atoms with Crippen LogP contribution in [-0.4, -0.2) is 107 Å². The lowest BCUT2D eigenvalue weighted by Crippen LogP contribution is -2.83. The van der Waals surface area contributed by atoms with Crippen molar-refractivity contribution in [2.75, 3.05) is 6.61 Å². The van der Waals surface area contributed by atoms with Crippen LogP contribution in [0.3, 0.4) is 0 Å². The zero-order chi connectivity index (χ0) is 43.6. The van der Waals surface area contributed by atoms with Gasteiger partial charge in [-0.15, -0.1) is 0 Å². The highest BCUT2D eigenvalue weighted by Crippen LogP contribution is 2.68. The number of fused-ring (bicyclic) bond motifs is 4. The third-order valence-corrected chi connectivity index (χ3v) is 13.5. The topological polar surface area (TPSA) is 185 Å². The quantitative estimate of drug-likeness (QED) is 0.151. The molecule has 4 fully saturated rings. The van der Waals surface area contributed by atoms with Gasteiger partial charge in [-0.05, 0) is 63.8 Å². The van der Waals surface area contributed by atoms with Crippen molar-refractivity contribution in [1.29, 1.82) is 0 Å². The normalized spacial score (nSPS) is 36.8. The number of benzene rings is 1. The molecular weight excluding hydrogens is 762 g/mol. The first-order valence-corrected chi connectivity index (χ1v) is 20.7. The SMILES string of the molecule is C=C[C@@H]1O[C@H]2C[C@H]3OC[C@@]3(OC(C)=O)C3[C@H](OC(=O)c4ccccc4)[C@]4(O)C[C@H](OC(=O)[C@H](O)[C@H](CC(C)C)NC(=O)OC(C)(C)C)C(C)=C(C(C)[C@H](O1)[C@@]32C)C4(C)C. The molecule has 2 saturated carbocycles. The number of esters is 3. The Labute approximate surface area is 347 Å². The number of carbonyl (C=O) groups excluding carboxylic acids is 4. The van der Waals surface area contributed by atoms with Crippen molar-refractivity contribution in [1.82, 2.24) is 5.32 Å². The number of hydrogen-bond donors (Lipinski definition) is 3. The maximum Gasteiger partial charge on any atom is 0.407 e. The summed E-state index contributed by atoms with van der Waals surface area (Å²) in [6, 6.07) is 7.32. The fourth-order valence-electron chi connectivity index (χ4n) is 11.0. The van der Waals surface area contributed by atoms with Gasteiger partial charge in [-0.1, -0.05) is 71.9 Å². The smallest absolute Gasteiger partial charge is 0.407 e. The molecule has 0 spiro atoms. The van der Waals surface area contributed by atoms with Gasteiger partial charge in [0.2, 0.25) is 0 Å². The van der Waals surface area contributed by atoms with E-state index in [2.05, 4.69) is 11.9 Å². The maximum atomic E-state index is 14.4. The van der Waals surface area contributed by atoms with Gasteiger partial charge in [0, 0.05) is 36.5 Å². The number of rotatable bonds is 10. The molecule has 13 atom stereocenters. The Balaban J connectivity index is 1.51. The summed E-state index contributed by atoms with van der Waals surface area (Å²) in [5.74, 6) is -3.85. The van der Waals surface area contributed by atoms with Crippen molar-refractivity contribution < 1.29 is 62.5 Å². The minimum Gasteiger partial charge on any atom is -0.456 e. The predicted octanol–water partition coefficient (Wildman–Crippen LogP) is 5.57. The molecule has 3 N–H and O–H groups in total. The third kappa shape index (κ3) is 7.73. The van der Waals surface area contributed by atoms with E-state index in [1.807, 2.05) is 48.5 Å². The van der Waals surface area contributed by atoms with Crippen molar-refractivity contribution in [3.8, 4) is 0 Å². The molecule has 14 heteroatoms. The number of aliphatic hydroxyl groups excluding tert-OH is 1. The molecule has 2 unspecified atom stereocenters. The zero-order valence-electron chi connectivity index (χ0n) is 36.2. The molecule has 0 radical (unpaired) electrons. The molecule has 1 aromatic carbocycles. The molecule has 326 valence electrons. The van der Waals surface area contributed by atoms with Crippen LogP contribution in [0, 0.1) is 28.6 Å². The second-order valence-electron chi connectivity index (χ2n) is 19.3. The van der Waals surface area contributed by atoms with Crippen molar-refractivity contribution in [2.24, 2.45) is 28.6 Å². The lowest BCUT2D eigenvalue weighted by molar-refractivity contribution is -0.403. The number of aliphatic hydroxyl groups is 2. The molecule has 1 aromatic rings. The van der Waals surface area contributed by atoms with Crippen LogP contribution in [0.4, 0.5) is 4.79 Å². The highest BCUT2D eigenvalue weighted by molar-refractivity contribution is 5.89. The Bertz CT molecular complexity index is 1840. The number of amides is 1. The lowest BCUT2D eigenvalue weighted by Gasteiger charge is -2.71. The zero-order valence-corrected chi connectivity index (χ0v) is 36.2. The largest absolute Gasteiger partial charge is 0.456 e. The summed E-state index contributed by atoms with van der Waals surface area (Å²) in [6.07, 6.45) is -6.18. The van der Waals surface area contributed by atoms with Crippen molar-refractivity contribution in [3.05, 3.63) is 59.7 Å². The van der Waals surface area contributed by atoms with Gasteiger partial charge in [-0.2, -0.15) is 0 Å². The number of hydrogen-bond acceptors (Lipinski definition) is 13. The molecule has 6 rings (SSSR count). The van der Waals surface area contributed by atoms with E-state index in [0.717, 1.165) is 0 Å². The van der Waals surface area contributed by atoms with E-state index in [1.165, 1.54) is 6.92 Å². The van der Waals surface area contributed by atoms with Gasteiger partial charge in [0.05, 0.1) is 36.3 Å². The summed E-state index contributed by atoms with van der Waals surface area (Å²) in [4.78, 5) is 54.5. The lowest BCUT2D eigenvalue weighted by atomic mass is 9.43. The molecule has 5 aliphatic rings. The van der Waals surface area contributed by atoms with Crippen LogP contribution in [0.15, 0.2) is 54.1 Å². The first-order valence-electron chi connectivity index (χ1n) is 20.7. The van der Waals surface area contributed by atoms with Crippen LogP contribution in [0.2, 0.25) is 0 Å². The second kappa shape index (κ2) is 15.9. The van der Waals surface area contributed by atoms with Crippen LogP contribution in [0.5, 0.6) is 0 Å². The van der Waals surface area contributed by atoms with E-state index < -0.39 is 112 Å². The Morgan fingerprint density at radius 3 is 2.27 bits per heavy atom. The molecule has 2 saturated heterocycles. The summed E-state index contributed by atoms with van der Waals surface area (Å²) >= 11 is 0. The van der Waals surface area contributed by atoms with Crippen LogP contribution in [0.25, 0.3) is 0 Å². The number of alkyl carbamates (subject to hydrolysis) is 1. The van der Waals surface area contributed by atoms with Crippen LogP contribution in [0.1, 0.15) is 106 Å². The summed E-state index contributed by atoms with van der Waals surface area (Å²) in [7, 11) is 0. The van der Waals surface area contributed by atoms with Gasteiger partial charge in [-0.3, -0.25) is 4.79 Å². The van der Waals surface area contributed by atoms with Crippen molar-refractivity contribution in [2.45, 2.75) is 161 Å². The molecule has 1 amide bonds. The van der Waals surface area contributed by atoms with Gasteiger partial charge in [-0.25, -0.2) is 14.4 Å². The fraction of sp³-hybridized carbons (Fsp3) is 0.689. The third-order valence-electron chi connectivity index (χ3n) is 13.5. The average Bonchev–Trinajstić information content (AvgIpc) is 3.12. The molecule has 0 aromatic heterocycles. The molecule has 3 aliphatic carbocycles. The second-order valence-corrected chi connectivity index (χ2v) is 19.3. The Morgan fingerprint density at radius 2 is 1.71 bits per heavy atom. The van der Waals surface area contributed by atoms with E-state index >= 15 is 0 Å². The summed E-state index contributed by atoms with van der Waals surface area (Å²) in [5.41, 5.74) is -4.96. The highest BCUT2D eigenvalue weighted by atomic mass is 16.7. The highest BCUT2D eigenvalue weighted by Gasteiger charge is 2.79. The van der Waals surface area contributed by atoms with E-state index in [0.29, 0.717) is 17.6 Å². The van der Waals surface area contributed by atoms with Gasteiger partial charge >= 0.3 is 24.0 Å². The van der Waals surface area contributed by atoms with Crippen molar-refractivity contribution in [3.63, 3.8) is 0 Å². The van der Waals surface area contributed by atoms with Gasteiger partial charge in [0.1, 0.15) is 29.5 Å². The minimum atomic E-state index is -2.02. The average molecular weight is 826 g/mol. The maximum absolute atomic E-state index is 14.4. The van der Waals surface area contributed by atoms with E-state index in [1.54, 1.807) is 57.2 Å². The molecule has 2 heterocycles. The molecule has 14 nitrogen and oxygen atoms in total. The van der Waals surface area contributed by atoms with Gasteiger partial charge in [0.15, 0.2) is 18.0 Å². The Kier molecular flexibility index (Phi) is 12.1. The molecule has 2 aliphatic heterocycles. The van der Waals surface area contributed by atoms with Gasteiger partial charge < -0.3 is 48.7 Å². The Hall–Kier alpha value is -3.82. The fourth-order valence-corrected chi connectivity index (χ4v) is 11.0. The predicted molar refractivity (Wildman–Crippen MR) is 214 cm³/mol. The van der Waals surface area contributed by atoms with Crippen LogP contribution in [-0.2, 0) is 42.7 Å². The number of carbonyl (C=O) groups is 4. The van der Waals surface area contributed by atoms with E-state index in [9.17, 15) is 29.4 Å². The molecular formula is C45H63NO13. The van der Waals surface area contributed by atoms with Crippen LogP contribution < -0.4 is 5.32 Å². The summed E-state index contributed by atoms with van der Waals surface area (Å²) in [6.45, 7) is 23.6. The minimum absolute atomic E-state index is 0.0405. The number of ether oxygens (including phenoxy) is 7. The van der Waals surface area contributed by atoms with E-state index in [-0.39, 0.29) is 30.9 Å². The first-order chi connectivity index (χ1) is 27.4. The molecule has 2 bridgehead atoms. The Morgan fingerprint density at radius 1 is 1.05 bits per heavy atom. The summed E-state index contributed by atoms with van der Waals surface area (Å²) in [5, 5.41) is 28.0. The summed E-state index contributed by atoms with van der Waals surface area (Å²) < 4.78 is 44.1. The number of nitrogens with one attached hydrogen (secondary N) is 1. The first kappa shape index (κ1) is 44.7. The van der Waals surface area contributed by atoms with Gasteiger partial charge in [0.25, 0.3) is 0 Å². The molecule has 59 heavy (non-hydrogen) atoms. The standard InChI is InChI=1S/C45H63NO13/c1-13-32-55-30-20-31-44(22-53-31,58-26(6)47)35-37(57-38(49)27-17-15-14-16-18-27)45(52)21-29(24(4)33(42(45,10)11)25(5)36(56-32)43(30,35)12)54-39(50)34(48)28(19-23(2)3)46-40(51)59-41(7,8)9/h13-18,23,25,28-32,34-37,48,52H,1,19-22H2,2-12H3,(H,46,51)/t25?,28-,29-,30-,31+,32+,34+,35?,36-,37-,43+,44-,45+/m0/s1. The van der Waals surface area contributed by atoms with E-state index in [4.69, 9.17) is 33.2 Å².